The molecule has 1 heterocycles. The molecule has 25 heavy (non-hydrogen) atoms. The van der Waals surface area contributed by atoms with Crippen LogP contribution >= 0.6 is 0 Å². The Morgan fingerprint density at radius 1 is 1.20 bits per heavy atom. The fourth-order valence-electron chi connectivity index (χ4n) is 2.96. The molecule has 2 atom stereocenters. The van der Waals surface area contributed by atoms with E-state index in [1.165, 1.54) is 16.4 Å². The van der Waals surface area contributed by atoms with Gasteiger partial charge in [0.05, 0.1) is 17.1 Å². The first-order valence-corrected chi connectivity index (χ1v) is 10.2. The molecule has 1 aromatic rings. The smallest absolute Gasteiger partial charge is 0.253 e. The van der Waals surface area contributed by atoms with E-state index in [1.54, 1.807) is 24.1 Å². The van der Waals surface area contributed by atoms with Crippen molar-refractivity contribution in [3.8, 4) is 0 Å². The molecule has 2 unspecified atom stereocenters. The minimum Gasteiger partial charge on any atom is -0.373 e. The summed E-state index contributed by atoms with van der Waals surface area (Å²) < 4.78 is 32.7. The number of benzene rings is 1. The summed E-state index contributed by atoms with van der Waals surface area (Å²) >= 11 is 0. The van der Waals surface area contributed by atoms with E-state index in [0.717, 1.165) is 12.8 Å². The molecule has 0 N–H and O–H groups in total. The molecule has 0 radical (unpaired) electrons. The Balaban J connectivity index is 2.14. The highest BCUT2D eigenvalue weighted by Crippen LogP contribution is 2.21. The third-order valence-corrected chi connectivity index (χ3v) is 6.16. The SMILES string of the molecule is CCCCN(C)C(=O)c1ccc(S(=O)(=O)N2CC(C)OC(C)C2)cc1. The highest BCUT2D eigenvalue weighted by Gasteiger charge is 2.32. The van der Waals surface area contributed by atoms with Crippen molar-refractivity contribution in [3.63, 3.8) is 0 Å². The summed E-state index contributed by atoms with van der Waals surface area (Å²) in [5.74, 6) is -0.0917. The molecule has 2 rings (SSSR count). The van der Waals surface area contributed by atoms with Gasteiger partial charge in [-0.25, -0.2) is 8.42 Å². The van der Waals surface area contributed by atoms with Gasteiger partial charge >= 0.3 is 0 Å². The van der Waals surface area contributed by atoms with Gasteiger partial charge in [0.15, 0.2) is 0 Å². The lowest BCUT2D eigenvalue weighted by atomic mass is 10.2. The fourth-order valence-corrected chi connectivity index (χ4v) is 4.55. The third kappa shape index (κ3) is 4.80. The third-order valence-electron chi connectivity index (χ3n) is 4.32. The van der Waals surface area contributed by atoms with Crippen LogP contribution in [0.3, 0.4) is 0 Å². The van der Waals surface area contributed by atoms with Gasteiger partial charge in [-0.3, -0.25) is 4.79 Å². The number of unbranched alkanes of at least 4 members (excludes halogenated alkanes) is 1. The molecule has 1 aliphatic heterocycles. The average molecular weight is 368 g/mol. The molecule has 0 aromatic heterocycles. The van der Waals surface area contributed by atoms with Gasteiger partial charge in [-0.15, -0.1) is 0 Å². The minimum absolute atomic E-state index is 0.0917. The van der Waals surface area contributed by atoms with Crippen LogP contribution in [0, 0.1) is 0 Å². The summed E-state index contributed by atoms with van der Waals surface area (Å²) in [6.07, 6.45) is 1.70. The van der Waals surface area contributed by atoms with Crippen LogP contribution in [-0.2, 0) is 14.8 Å². The number of amides is 1. The van der Waals surface area contributed by atoms with E-state index in [0.29, 0.717) is 25.2 Å². The number of carbonyl (C=O) groups is 1. The second-order valence-corrected chi connectivity index (χ2v) is 8.62. The zero-order valence-electron chi connectivity index (χ0n) is 15.4. The number of sulfonamides is 1. The zero-order valence-corrected chi connectivity index (χ0v) is 16.3. The largest absolute Gasteiger partial charge is 0.373 e. The lowest BCUT2D eigenvalue weighted by Gasteiger charge is -2.34. The topological polar surface area (TPSA) is 66.9 Å². The standard InChI is InChI=1S/C18H28N2O4S/c1-5-6-11-19(4)18(21)16-7-9-17(10-8-16)25(22,23)20-12-14(2)24-15(3)13-20/h7-10,14-15H,5-6,11-13H2,1-4H3. The van der Waals surface area contributed by atoms with Gasteiger partial charge in [-0.05, 0) is 44.5 Å². The first kappa shape index (κ1) is 19.9. The number of rotatable bonds is 6. The van der Waals surface area contributed by atoms with E-state index in [1.807, 2.05) is 13.8 Å². The zero-order chi connectivity index (χ0) is 18.6. The monoisotopic (exact) mass is 368 g/mol. The second-order valence-electron chi connectivity index (χ2n) is 6.68. The number of hydrogen-bond acceptors (Lipinski definition) is 4. The molecule has 0 bridgehead atoms. The molecular formula is C18H28N2O4S. The summed E-state index contributed by atoms with van der Waals surface area (Å²) in [4.78, 5) is 14.2. The van der Waals surface area contributed by atoms with Crippen LogP contribution < -0.4 is 0 Å². The van der Waals surface area contributed by atoms with Gasteiger partial charge in [0, 0.05) is 32.2 Å². The second kappa shape index (κ2) is 8.29. The number of hydrogen-bond donors (Lipinski definition) is 0. The lowest BCUT2D eigenvalue weighted by Crippen LogP contribution is -2.48. The van der Waals surface area contributed by atoms with Crippen molar-refractivity contribution in [3.05, 3.63) is 29.8 Å². The maximum absolute atomic E-state index is 12.8. The van der Waals surface area contributed by atoms with Crippen LogP contribution in [-0.4, -0.2) is 62.4 Å². The molecule has 0 spiro atoms. The van der Waals surface area contributed by atoms with Crippen molar-refractivity contribution in [2.45, 2.75) is 50.7 Å². The Hall–Kier alpha value is -1.44. The van der Waals surface area contributed by atoms with Crippen molar-refractivity contribution in [2.24, 2.45) is 0 Å². The molecule has 6 nitrogen and oxygen atoms in total. The summed E-state index contributed by atoms with van der Waals surface area (Å²) in [6.45, 7) is 7.18. The highest BCUT2D eigenvalue weighted by molar-refractivity contribution is 7.89. The number of carbonyl (C=O) groups excluding carboxylic acids is 1. The first-order chi connectivity index (χ1) is 11.8. The number of morpholine rings is 1. The Morgan fingerprint density at radius 2 is 1.76 bits per heavy atom. The normalized spacial score (nSPS) is 21.9. The maximum atomic E-state index is 12.8. The average Bonchev–Trinajstić information content (AvgIpc) is 2.58. The molecule has 1 fully saturated rings. The van der Waals surface area contributed by atoms with Gasteiger partial charge in [-0.2, -0.15) is 4.31 Å². The molecule has 7 heteroatoms. The molecular weight excluding hydrogens is 340 g/mol. The quantitative estimate of drug-likeness (QED) is 0.773. The fraction of sp³-hybridized carbons (Fsp3) is 0.611. The van der Waals surface area contributed by atoms with Crippen LogP contribution in [0.5, 0.6) is 0 Å². The molecule has 1 aromatic carbocycles. The molecule has 1 aliphatic rings. The van der Waals surface area contributed by atoms with Crippen LogP contribution in [0.15, 0.2) is 29.2 Å². The molecule has 0 aliphatic carbocycles. The van der Waals surface area contributed by atoms with Gasteiger partial charge in [0.1, 0.15) is 0 Å². The van der Waals surface area contributed by atoms with Crippen LogP contribution in [0.25, 0.3) is 0 Å². The van der Waals surface area contributed by atoms with E-state index < -0.39 is 10.0 Å². The summed E-state index contributed by atoms with van der Waals surface area (Å²) in [6, 6.07) is 6.21. The predicted molar refractivity (Wildman–Crippen MR) is 97.1 cm³/mol. The van der Waals surface area contributed by atoms with E-state index in [9.17, 15) is 13.2 Å². The highest BCUT2D eigenvalue weighted by atomic mass is 32.2. The lowest BCUT2D eigenvalue weighted by molar-refractivity contribution is -0.0440. The Bertz CT molecular complexity index is 678. The van der Waals surface area contributed by atoms with E-state index in [-0.39, 0.29) is 23.0 Å². The van der Waals surface area contributed by atoms with Crippen molar-refractivity contribution >= 4 is 15.9 Å². The van der Waals surface area contributed by atoms with Gasteiger partial charge in [0.2, 0.25) is 10.0 Å². The Labute approximate surface area is 150 Å². The van der Waals surface area contributed by atoms with Crippen molar-refractivity contribution < 1.29 is 17.9 Å². The van der Waals surface area contributed by atoms with Crippen molar-refractivity contribution in [1.82, 2.24) is 9.21 Å². The summed E-state index contributed by atoms with van der Waals surface area (Å²) in [7, 11) is -1.81. The maximum Gasteiger partial charge on any atom is 0.253 e. The van der Waals surface area contributed by atoms with Crippen molar-refractivity contribution in [1.29, 1.82) is 0 Å². The number of nitrogens with zero attached hydrogens (tertiary/aromatic N) is 2. The Kier molecular flexibility index (Phi) is 6.59. The van der Waals surface area contributed by atoms with Crippen molar-refractivity contribution in [2.75, 3.05) is 26.7 Å². The van der Waals surface area contributed by atoms with E-state index in [2.05, 4.69) is 6.92 Å². The number of ether oxygens (including phenoxy) is 1. The molecule has 1 saturated heterocycles. The molecule has 1 amide bonds. The summed E-state index contributed by atoms with van der Waals surface area (Å²) in [5, 5.41) is 0. The van der Waals surface area contributed by atoms with Gasteiger partial charge in [0.25, 0.3) is 5.91 Å². The molecule has 140 valence electrons. The first-order valence-electron chi connectivity index (χ1n) is 8.76. The van der Waals surface area contributed by atoms with Gasteiger partial charge < -0.3 is 9.64 Å². The Morgan fingerprint density at radius 3 is 2.28 bits per heavy atom. The van der Waals surface area contributed by atoms with Crippen LogP contribution in [0.4, 0.5) is 0 Å². The summed E-state index contributed by atoms with van der Waals surface area (Å²) in [5.41, 5.74) is 0.501. The van der Waals surface area contributed by atoms with Gasteiger partial charge in [-0.1, -0.05) is 13.3 Å². The van der Waals surface area contributed by atoms with Crippen LogP contribution in [0.1, 0.15) is 44.0 Å². The van der Waals surface area contributed by atoms with E-state index >= 15 is 0 Å². The predicted octanol–water partition coefficient (Wildman–Crippen LogP) is 2.36. The molecule has 0 saturated carbocycles. The van der Waals surface area contributed by atoms with Crippen LogP contribution in [0.2, 0.25) is 0 Å². The minimum atomic E-state index is -3.58. The van der Waals surface area contributed by atoms with E-state index in [4.69, 9.17) is 4.74 Å².